The third kappa shape index (κ3) is 2.95. The maximum atomic E-state index is 13.1. The largest absolute Gasteiger partial charge is 0.416 e. The molecule has 2 rings (SSSR count). The number of hydrogen-bond donors (Lipinski definition) is 1. The van der Waals surface area contributed by atoms with Gasteiger partial charge < -0.3 is 10.1 Å². The monoisotopic (exact) mass is 249 g/mol. The molecule has 0 amide bonds. The van der Waals surface area contributed by atoms with E-state index in [-0.39, 0.29) is 18.2 Å². The molecule has 0 aromatic heterocycles. The van der Waals surface area contributed by atoms with Gasteiger partial charge in [-0.25, -0.2) is 4.39 Å². The van der Waals surface area contributed by atoms with Gasteiger partial charge in [0.25, 0.3) is 0 Å². The number of hydrogen-bond acceptors (Lipinski definition) is 2. The zero-order valence-electron chi connectivity index (χ0n) is 8.85. The summed E-state index contributed by atoms with van der Waals surface area (Å²) in [5.41, 5.74) is -0.711. The van der Waals surface area contributed by atoms with Crippen LogP contribution in [0, 0.1) is 5.82 Å². The molecule has 2 nitrogen and oxygen atoms in total. The van der Waals surface area contributed by atoms with E-state index in [2.05, 4.69) is 5.32 Å². The second-order valence-electron chi connectivity index (χ2n) is 3.85. The Morgan fingerprint density at radius 1 is 1.24 bits per heavy atom. The fraction of sp³-hybridized carbons (Fsp3) is 0.455. The van der Waals surface area contributed by atoms with Crippen LogP contribution in [-0.4, -0.2) is 19.8 Å². The van der Waals surface area contributed by atoms with Crippen LogP contribution in [0.5, 0.6) is 0 Å². The molecule has 94 valence electrons. The number of morpholine rings is 1. The highest BCUT2D eigenvalue weighted by atomic mass is 19.4. The summed E-state index contributed by atoms with van der Waals surface area (Å²) in [4.78, 5) is 0. The lowest BCUT2D eigenvalue weighted by molar-refractivity contribution is -0.137. The Morgan fingerprint density at radius 2 is 2.00 bits per heavy atom. The summed E-state index contributed by atoms with van der Waals surface area (Å²) >= 11 is 0. The van der Waals surface area contributed by atoms with E-state index in [0.717, 1.165) is 12.1 Å². The van der Waals surface area contributed by atoms with Gasteiger partial charge in [-0.05, 0) is 23.8 Å². The van der Waals surface area contributed by atoms with Gasteiger partial charge in [0.05, 0.1) is 24.8 Å². The fourth-order valence-corrected chi connectivity index (χ4v) is 1.76. The van der Waals surface area contributed by atoms with Gasteiger partial charge in [0.15, 0.2) is 0 Å². The van der Waals surface area contributed by atoms with Crippen molar-refractivity contribution in [3.63, 3.8) is 0 Å². The first-order valence-electron chi connectivity index (χ1n) is 5.15. The molecule has 1 unspecified atom stereocenters. The molecule has 1 atom stereocenters. The molecule has 0 bridgehead atoms. The molecular weight excluding hydrogens is 238 g/mol. The lowest BCUT2D eigenvalue weighted by Crippen LogP contribution is -2.34. The highest BCUT2D eigenvalue weighted by molar-refractivity contribution is 5.29. The minimum Gasteiger partial charge on any atom is -0.378 e. The standard InChI is InChI=1S/C11H11F4NO/c12-9-4-7(10-6-17-2-1-16-10)3-8(5-9)11(13,14)15/h3-5,10,16H,1-2,6H2. The molecule has 0 aliphatic carbocycles. The molecule has 0 saturated carbocycles. The number of nitrogens with one attached hydrogen (secondary N) is 1. The van der Waals surface area contributed by atoms with Crippen molar-refractivity contribution in [2.24, 2.45) is 0 Å². The summed E-state index contributed by atoms with van der Waals surface area (Å²) in [5.74, 6) is -0.887. The second kappa shape index (κ2) is 4.62. The summed E-state index contributed by atoms with van der Waals surface area (Å²) in [6.07, 6.45) is -4.54. The molecule has 1 N–H and O–H groups in total. The van der Waals surface area contributed by atoms with Crippen molar-refractivity contribution in [3.8, 4) is 0 Å². The fourth-order valence-electron chi connectivity index (χ4n) is 1.76. The summed E-state index contributed by atoms with van der Waals surface area (Å²) in [6, 6.07) is 2.16. The predicted octanol–water partition coefficient (Wildman–Crippen LogP) is 2.51. The average molecular weight is 249 g/mol. The molecule has 6 heteroatoms. The van der Waals surface area contributed by atoms with E-state index in [1.165, 1.54) is 0 Å². The van der Waals surface area contributed by atoms with Crippen LogP contribution in [0.15, 0.2) is 18.2 Å². The number of halogens is 4. The van der Waals surface area contributed by atoms with Gasteiger partial charge in [-0.1, -0.05) is 0 Å². The Balaban J connectivity index is 2.31. The number of ether oxygens (including phenoxy) is 1. The highest BCUT2D eigenvalue weighted by Crippen LogP contribution is 2.32. The predicted molar refractivity (Wildman–Crippen MR) is 53.0 cm³/mol. The van der Waals surface area contributed by atoms with Crippen LogP contribution in [0.1, 0.15) is 17.2 Å². The summed E-state index contributed by atoms with van der Waals surface area (Å²) in [6.45, 7) is 1.31. The van der Waals surface area contributed by atoms with Gasteiger partial charge in [0.1, 0.15) is 5.82 Å². The maximum absolute atomic E-state index is 13.1. The van der Waals surface area contributed by atoms with Crippen molar-refractivity contribution >= 4 is 0 Å². The number of rotatable bonds is 1. The van der Waals surface area contributed by atoms with Crippen LogP contribution in [-0.2, 0) is 10.9 Å². The van der Waals surface area contributed by atoms with Crippen molar-refractivity contribution in [2.75, 3.05) is 19.8 Å². The number of alkyl halides is 3. The van der Waals surface area contributed by atoms with E-state index in [1.54, 1.807) is 0 Å². The van der Waals surface area contributed by atoms with Crippen molar-refractivity contribution in [1.29, 1.82) is 0 Å². The van der Waals surface area contributed by atoms with Gasteiger partial charge in [-0.2, -0.15) is 13.2 Å². The summed E-state index contributed by atoms with van der Waals surface area (Å²) in [5, 5.41) is 2.98. The van der Waals surface area contributed by atoms with E-state index in [0.29, 0.717) is 19.2 Å². The third-order valence-corrected chi connectivity index (χ3v) is 2.57. The molecule has 1 heterocycles. The highest BCUT2D eigenvalue weighted by Gasteiger charge is 2.32. The van der Waals surface area contributed by atoms with Crippen molar-refractivity contribution in [1.82, 2.24) is 5.32 Å². The topological polar surface area (TPSA) is 21.3 Å². The summed E-state index contributed by atoms with van der Waals surface area (Å²) < 4.78 is 55.8. The minimum atomic E-state index is -4.54. The lowest BCUT2D eigenvalue weighted by Gasteiger charge is -2.24. The molecule has 1 saturated heterocycles. The minimum absolute atomic E-state index is 0.251. The summed E-state index contributed by atoms with van der Waals surface area (Å²) in [7, 11) is 0. The van der Waals surface area contributed by atoms with Crippen LogP contribution in [0.3, 0.4) is 0 Å². The smallest absolute Gasteiger partial charge is 0.378 e. The molecule has 1 aromatic rings. The first-order chi connectivity index (χ1) is 7.97. The van der Waals surface area contributed by atoms with Crippen LogP contribution in [0.4, 0.5) is 17.6 Å². The zero-order valence-corrected chi connectivity index (χ0v) is 8.85. The van der Waals surface area contributed by atoms with Crippen molar-refractivity contribution in [3.05, 3.63) is 35.1 Å². The Labute approximate surface area is 95.6 Å². The van der Waals surface area contributed by atoms with Gasteiger partial charge in [-0.15, -0.1) is 0 Å². The van der Waals surface area contributed by atoms with Crippen molar-refractivity contribution < 1.29 is 22.3 Å². The van der Waals surface area contributed by atoms with E-state index in [1.807, 2.05) is 0 Å². The molecule has 0 radical (unpaired) electrons. The molecule has 1 aromatic carbocycles. The van der Waals surface area contributed by atoms with Crippen molar-refractivity contribution in [2.45, 2.75) is 12.2 Å². The molecule has 1 fully saturated rings. The van der Waals surface area contributed by atoms with Gasteiger partial charge in [-0.3, -0.25) is 0 Å². The van der Waals surface area contributed by atoms with E-state index in [9.17, 15) is 17.6 Å². The van der Waals surface area contributed by atoms with Crippen LogP contribution >= 0.6 is 0 Å². The number of benzene rings is 1. The molecule has 17 heavy (non-hydrogen) atoms. The average Bonchev–Trinajstić information content (AvgIpc) is 2.28. The van der Waals surface area contributed by atoms with Gasteiger partial charge >= 0.3 is 6.18 Å². The molecule has 0 spiro atoms. The quantitative estimate of drug-likeness (QED) is 0.772. The van der Waals surface area contributed by atoms with Gasteiger partial charge in [0.2, 0.25) is 0 Å². The molecular formula is C11H11F4NO. The SMILES string of the molecule is Fc1cc(C2COCCN2)cc(C(F)(F)F)c1. The van der Waals surface area contributed by atoms with E-state index < -0.39 is 17.6 Å². The maximum Gasteiger partial charge on any atom is 0.416 e. The Morgan fingerprint density at radius 3 is 2.59 bits per heavy atom. The Kier molecular flexibility index (Phi) is 3.35. The third-order valence-electron chi connectivity index (χ3n) is 2.57. The molecule has 1 aliphatic rings. The zero-order chi connectivity index (χ0) is 12.5. The van der Waals surface area contributed by atoms with Crippen LogP contribution in [0.25, 0.3) is 0 Å². The van der Waals surface area contributed by atoms with E-state index >= 15 is 0 Å². The lowest BCUT2D eigenvalue weighted by atomic mass is 10.0. The molecule has 1 aliphatic heterocycles. The Bertz CT molecular complexity index is 399. The van der Waals surface area contributed by atoms with Gasteiger partial charge in [0, 0.05) is 6.54 Å². The second-order valence-corrected chi connectivity index (χ2v) is 3.85. The first-order valence-corrected chi connectivity index (χ1v) is 5.15. The van der Waals surface area contributed by atoms with Crippen LogP contribution in [0.2, 0.25) is 0 Å². The van der Waals surface area contributed by atoms with Crippen LogP contribution < -0.4 is 5.32 Å². The normalized spacial score (nSPS) is 21.5. The first kappa shape index (κ1) is 12.3. The van der Waals surface area contributed by atoms with E-state index in [4.69, 9.17) is 4.74 Å². The Hall–Kier alpha value is -1.14.